The zero-order valence-electron chi connectivity index (χ0n) is 10.5. The first-order valence-corrected chi connectivity index (χ1v) is 5.76. The Bertz CT molecular complexity index is 234. The minimum absolute atomic E-state index is 0.0872. The molecule has 0 aromatic rings. The van der Waals surface area contributed by atoms with Gasteiger partial charge in [-0.1, -0.05) is 20.3 Å². The van der Waals surface area contributed by atoms with Crippen molar-refractivity contribution < 1.29 is 4.79 Å². The number of nitrogens with zero attached hydrogens (tertiary/aromatic N) is 1. The number of amides is 1. The lowest BCUT2D eigenvalue weighted by Crippen LogP contribution is -2.30. The quantitative estimate of drug-likeness (QED) is 0.335. The first-order valence-electron chi connectivity index (χ1n) is 5.76. The van der Waals surface area contributed by atoms with Crippen LogP contribution in [0.3, 0.4) is 0 Å². The molecule has 5 nitrogen and oxygen atoms in total. The topological polar surface area (TPSA) is 93.5 Å². The van der Waals surface area contributed by atoms with E-state index in [9.17, 15) is 4.79 Å². The number of rotatable bonds is 7. The number of unbranched alkanes of at least 4 members (excludes halogenated alkanes) is 1. The summed E-state index contributed by atoms with van der Waals surface area (Å²) in [5.41, 5.74) is 10.4. The van der Waals surface area contributed by atoms with Gasteiger partial charge in [-0.15, -0.1) is 0 Å². The van der Waals surface area contributed by atoms with Crippen LogP contribution in [-0.2, 0) is 4.79 Å². The third kappa shape index (κ3) is 6.27. The predicted molar refractivity (Wildman–Crippen MR) is 66.9 cm³/mol. The van der Waals surface area contributed by atoms with Gasteiger partial charge in [0.15, 0.2) is 5.96 Å². The van der Waals surface area contributed by atoms with Crippen LogP contribution < -0.4 is 16.8 Å². The van der Waals surface area contributed by atoms with Gasteiger partial charge in [-0.05, 0) is 18.8 Å². The van der Waals surface area contributed by atoms with Crippen molar-refractivity contribution in [2.45, 2.75) is 33.1 Å². The standard InChI is InChI=1S/C11H24N4O/c1-8(2)9(10(16)14-3)6-4-5-7-15-11(12)13/h8-9H,4-7H2,1-3H3,(H,14,16)(H4,12,13,15)/t9-/m0/s1. The molecule has 0 spiro atoms. The molecule has 5 heteroatoms. The van der Waals surface area contributed by atoms with Crippen LogP contribution in [0.1, 0.15) is 33.1 Å². The summed E-state index contributed by atoms with van der Waals surface area (Å²) in [6, 6.07) is 0. The van der Waals surface area contributed by atoms with Crippen molar-refractivity contribution in [3.05, 3.63) is 0 Å². The van der Waals surface area contributed by atoms with Crippen LogP contribution in [0.15, 0.2) is 4.99 Å². The van der Waals surface area contributed by atoms with Gasteiger partial charge >= 0.3 is 0 Å². The Kier molecular flexibility index (Phi) is 7.33. The van der Waals surface area contributed by atoms with Crippen molar-refractivity contribution >= 4 is 11.9 Å². The molecular weight excluding hydrogens is 204 g/mol. The molecular formula is C11H24N4O. The highest BCUT2D eigenvalue weighted by Crippen LogP contribution is 2.18. The summed E-state index contributed by atoms with van der Waals surface area (Å²) in [6.45, 7) is 4.77. The molecule has 0 rings (SSSR count). The van der Waals surface area contributed by atoms with E-state index < -0.39 is 0 Å². The van der Waals surface area contributed by atoms with Gasteiger partial charge in [0.2, 0.25) is 5.91 Å². The van der Waals surface area contributed by atoms with E-state index in [0.717, 1.165) is 19.3 Å². The monoisotopic (exact) mass is 228 g/mol. The summed E-state index contributed by atoms with van der Waals surface area (Å²) < 4.78 is 0. The van der Waals surface area contributed by atoms with E-state index >= 15 is 0 Å². The van der Waals surface area contributed by atoms with Gasteiger partial charge < -0.3 is 16.8 Å². The highest BCUT2D eigenvalue weighted by atomic mass is 16.1. The van der Waals surface area contributed by atoms with E-state index in [4.69, 9.17) is 11.5 Å². The van der Waals surface area contributed by atoms with Crippen molar-refractivity contribution in [1.82, 2.24) is 5.32 Å². The van der Waals surface area contributed by atoms with Crippen LogP contribution >= 0.6 is 0 Å². The summed E-state index contributed by atoms with van der Waals surface area (Å²) in [5, 5.41) is 2.70. The fraction of sp³-hybridized carbons (Fsp3) is 0.818. The van der Waals surface area contributed by atoms with Gasteiger partial charge in [0.05, 0.1) is 0 Å². The molecule has 0 aliphatic carbocycles. The van der Waals surface area contributed by atoms with Gasteiger partial charge in [-0.3, -0.25) is 9.79 Å². The molecule has 1 atom stereocenters. The van der Waals surface area contributed by atoms with Crippen LogP contribution in [0.25, 0.3) is 0 Å². The molecule has 0 aliphatic rings. The van der Waals surface area contributed by atoms with E-state index in [1.165, 1.54) is 0 Å². The third-order valence-corrected chi connectivity index (χ3v) is 2.61. The van der Waals surface area contributed by atoms with Gasteiger partial charge in [-0.25, -0.2) is 0 Å². The summed E-state index contributed by atoms with van der Waals surface area (Å²) in [6.07, 6.45) is 2.77. The molecule has 16 heavy (non-hydrogen) atoms. The Morgan fingerprint density at radius 2 is 1.94 bits per heavy atom. The van der Waals surface area contributed by atoms with Crippen LogP contribution in [0.4, 0.5) is 0 Å². The van der Waals surface area contributed by atoms with E-state index in [0.29, 0.717) is 12.5 Å². The molecule has 0 aliphatic heterocycles. The Morgan fingerprint density at radius 3 is 2.38 bits per heavy atom. The van der Waals surface area contributed by atoms with Gasteiger partial charge in [0.1, 0.15) is 0 Å². The molecule has 5 N–H and O–H groups in total. The second kappa shape index (κ2) is 7.96. The molecule has 0 aromatic carbocycles. The Labute approximate surface area is 97.7 Å². The molecule has 94 valence electrons. The van der Waals surface area contributed by atoms with Crippen LogP contribution in [0.5, 0.6) is 0 Å². The fourth-order valence-corrected chi connectivity index (χ4v) is 1.64. The lowest BCUT2D eigenvalue weighted by Gasteiger charge is -2.18. The second-order valence-corrected chi connectivity index (χ2v) is 4.27. The normalized spacial score (nSPS) is 12.2. The van der Waals surface area contributed by atoms with Gasteiger partial charge in [-0.2, -0.15) is 0 Å². The number of hydrogen-bond donors (Lipinski definition) is 3. The summed E-state index contributed by atoms with van der Waals surface area (Å²) in [7, 11) is 1.68. The average Bonchev–Trinajstić information content (AvgIpc) is 2.21. The molecule has 0 bridgehead atoms. The second-order valence-electron chi connectivity index (χ2n) is 4.27. The number of carbonyl (C=O) groups excluding carboxylic acids is 1. The van der Waals surface area contributed by atoms with Crippen molar-refractivity contribution in [2.75, 3.05) is 13.6 Å². The molecule has 0 heterocycles. The minimum atomic E-state index is 0.0872. The zero-order chi connectivity index (χ0) is 12.6. The molecule has 1 amide bonds. The smallest absolute Gasteiger partial charge is 0.223 e. The molecule has 0 radical (unpaired) electrons. The number of hydrogen-bond acceptors (Lipinski definition) is 2. The van der Waals surface area contributed by atoms with Crippen molar-refractivity contribution in [3.8, 4) is 0 Å². The Hall–Kier alpha value is -1.26. The van der Waals surface area contributed by atoms with Crippen LogP contribution in [0.2, 0.25) is 0 Å². The highest BCUT2D eigenvalue weighted by Gasteiger charge is 2.19. The van der Waals surface area contributed by atoms with E-state index in [1.807, 2.05) is 0 Å². The highest BCUT2D eigenvalue weighted by molar-refractivity contribution is 5.78. The van der Waals surface area contributed by atoms with Crippen molar-refractivity contribution in [3.63, 3.8) is 0 Å². The van der Waals surface area contributed by atoms with Crippen LogP contribution in [-0.4, -0.2) is 25.5 Å². The third-order valence-electron chi connectivity index (χ3n) is 2.61. The molecule has 0 fully saturated rings. The van der Waals surface area contributed by atoms with Gasteiger partial charge in [0, 0.05) is 19.5 Å². The number of carbonyl (C=O) groups is 1. The minimum Gasteiger partial charge on any atom is -0.370 e. The average molecular weight is 228 g/mol. The number of nitrogens with two attached hydrogens (primary N) is 2. The maximum atomic E-state index is 11.5. The van der Waals surface area contributed by atoms with E-state index in [-0.39, 0.29) is 17.8 Å². The maximum absolute atomic E-state index is 11.5. The lowest BCUT2D eigenvalue weighted by molar-refractivity contribution is -0.126. The maximum Gasteiger partial charge on any atom is 0.223 e. The zero-order valence-corrected chi connectivity index (χ0v) is 10.5. The molecule has 0 saturated heterocycles. The Morgan fingerprint density at radius 1 is 1.31 bits per heavy atom. The van der Waals surface area contributed by atoms with Crippen molar-refractivity contribution in [1.29, 1.82) is 0 Å². The van der Waals surface area contributed by atoms with E-state index in [1.54, 1.807) is 7.05 Å². The summed E-state index contributed by atoms with van der Waals surface area (Å²) in [5.74, 6) is 0.704. The number of aliphatic imine (C=N–C) groups is 1. The lowest BCUT2D eigenvalue weighted by atomic mass is 9.90. The summed E-state index contributed by atoms with van der Waals surface area (Å²) in [4.78, 5) is 15.4. The van der Waals surface area contributed by atoms with Crippen molar-refractivity contribution in [2.24, 2.45) is 28.3 Å². The van der Waals surface area contributed by atoms with Crippen LogP contribution in [0, 0.1) is 11.8 Å². The fourth-order valence-electron chi connectivity index (χ4n) is 1.64. The molecule has 0 unspecified atom stereocenters. The summed E-state index contributed by atoms with van der Waals surface area (Å²) >= 11 is 0. The largest absolute Gasteiger partial charge is 0.370 e. The van der Waals surface area contributed by atoms with E-state index in [2.05, 4.69) is 24.2 Å². The molecule has 0 aromatic heterocycles. The first kappa shape index (κ1) is 14.7. The first-order chi connectivity index (χ1) is 7.49. The van der Waals surface area contributed by atoms with Gasteiger partial charge in [0.25, 0.3) is 0 Å². The number of guanidine groups is 1. The molecule has 0 saturated carbocycles. The number of nitrogens with one attached hydrogen (secondary N) is 1. The predicted octanol–water partition coefficient (Wildman–Crippen LogP) is 0.448. The SMILES string of the molecule is CNC(=O)[C@@H](CCCCN=C(N)N)C(C)C. The Balaban J connectivity index is 3.86.